The predicted octanol–water partition coefficient (Wildman–Crippen LogP) is 6.99. The molecule has 0 radical (unpaired) electrons. The Morgan fingerprint density at radius 2 is 1.21 bits per heavy atom. The van der Waals surface area contributed by atoms with Gasteiger partial charge >= 0.3 is 0 Å². The molecule has 2 heteroatoms. The molecule has 1 aromatic heterocycles. The smallest absolute Gasteiger partial charge is 0.0647 e. The predicted molar refractivity (Wildman–Crippen MR) is 106 cm³/mol. The van der Waals surface area contributed by atoms with Gasteiger partial charge in [-0.1, -0.05) is 53.6 Å². The number of rotatable bonds is 3. The summed E-state index contributed by atoms with van der Waals surface area (Å²) in [5.41, 5.74) is 6.17. The first-order chi connectivity index (χ1) is 11.7. The molecule has 0 amide bonds. The minimum absolute atomic E-state index is 1.19. The van der Waals surface area contributed by atoms with Crippen molar-refractivity contribution >= 4 is 38.5 Å². The Balaban J connectivity index is 1.93. The molecule has 0 aliphatic carbocycles. The Hall–Kier alpha value is -2.58. The van der Waals surface area contributed by atoms with E-state index in [2.05, 4.69) is 96.9 Å². The maximum atomic E-state index is 2.34. The lowest BCUT2D eigenvalue weighted by atomic mass is 10.1. The zero-order chi connectivity index (χ0) is 16.5. The van der Waals surface area contributed by atoms with Gasteiger partial charge in [0.1, 0.15) is 0 Å². The summed E-state index contributed by atoms with van der Waals surface area (Å²) in [7, 11) is 0. The van der Waals surface area contributed by atoms with Crippen LogP contribution in [0.5, 0.6) is 0 Å². The van der Waals surface area contributed by atoms with Gasteiger partial charge in [-0.15, -0.1) is 11.3 Å². The van der Waals surface area contributed by atoms with Crippen molar-refractivity contribution in [2.75, 3.05) is 4.90 Å². The summed E-state index contributed by atoms with van der Waals surface area (Å²) >= 11 is 1.80. The summed E-state index contributed by atoms with van der Waals surface area (Å²) in [5.74, 6) is 0. The first kappa shape index (κ1) is 15.0. The van der Waals surface area contributed by atoms with Crippen molar-refractivity contribution in [3.05, 3.63) is 89.3 Å². The van der Waals surface area contributed by atoms with Crippen LogP contribution in [0.1, 0.15) is 11.1 Å². The molecule has 0 spiro atoms. The number of anilines is 3. The van der Waals surface area contributed by atoms with Crippen LogP contribution >= 0.6 is 11.3 Å². The average Bonchev–Trinajstić information content (AvgIpc) is 3.03. The van der Waals surface area contributed by atoms with Crippen LogP contribution in [0, 0.1) is 13.8 Å². The number of thiophene rings is 1. The van der Waals surface area contributed by atoms with Gasteiger partial charge in [0.25, 0.3) is 0 Å². The molecular weight excluding hydrogens is 310 g/mol. The van der Waals surface area contributed by atoms with Gasteiger partial charge in [0.05, 0.1) is 5.69 Å². The number of benzene rings is 3. The zero-order valence-corrected chi connectivity index (χ0v) is 14.7. The van der Waals surface area contributed by atoms with Crippen LogP contribution in [-0.4, -0.2) is 0 Å². The summed E-state index contributed by atoms with van der Waals surface area (Å²) in [6, 6.07) is 26.1. The van der Waals surface area contributed by atoms with E-state index in [1.165, 1.54) is 38.3 Å². The van der Waals surface area contributed by atoms with Gasteiger partial charge < -0.3 is 4.90 Å². The number of hydrogen-bond acceptors (Lipinski definition) is 2. The van der Waals surface area contributed by atoms with Crippen LogP contribution in [0.4, 0.5) is 17.1 Å². The highest BCUT2D eigenvalue weighted by atomic mass is 32.1. The van der Waals surface area contributed by atoms with Crippen molar-refractivity contribution in [2.45, 2.75) is 13.8 Å². The summed E-state index contributed by atoms with van der Waals surface area (Å²) < 4.78 is 1.32. The molecule has 118 valence electrons. The van der Waals surface area contributed by atoms with E-state index < -0.39 is 0 Å². The molecule has 4 rings (SSSR count). The van der Waals surface area contributed by atoms with E-state index in [0.717, 1.165) is 0 Å². The lowest BCUT2D eigenvalue weighted by molar-refractivity contribution is 1.29. The van der Waals surface area contributed by atoms with Crippen molar-refractivity contribution in [2.24, 2.45) is 0 Å². The molecule has 1 heterocycles. The summed E-state index contributed by atoms with van der Waals surface area (Å²) in [6.07, 6.45) is 0. The third-order valence-corrected chi connectivity index (χ3v) is 5.24. The first-order valence-electron chi connectivity index (χ1n) is 8.12. The van der Waals surface area contributed by atoms with Crippen molar-refractivity contribution in [3.8, 4) is 0 Å². The normalized spacial score (nSPS) is 10.9. The van der Waals surface area contributed by atoms with Gasteiger partial charge in [-0.05, 0) is 44.2 Å². The van der Waals surface area contributed by atoms with E-state index in [1.807, 2.05) is 0 Å². The minimum atomic E-state index is 1.19. The molecule has 0 fully saturated rings. The van der Waals surface area contributed by atoms with Crippen LogP contribution in [0.15, 0.2) is 78.2 Å². The molecule has 0 N–H and O–H groups in total. The third-order valence-electron chi connectivity index (χ3n) is 4.29. The monoisotopic (exact) mass is 329 g/mol. The van der Waals surface area contributed by atoms with E-state index in [1.54, 1.807) is 11.3 Å². The van der Waals surface area contributed by atoms with Gasteiger partial charge in [0.15, 0.2) is 0 Å². The second-order valence-electron chi connectivity index (χ2n) is 6.12. The standard InChI is InChI=1S/C22H19NS/c1-16-7-11-18(12-8-16)23(19-13-9-17(2)10-14-19)21-15-24-22-6-4-3-5-20(21)22/h3-15H,1-2H3. The van der Waals surface area contributed by atoms with Crippen LogP contribution in [-0.2, 0) is 0 Å². The lowest BCUT2D eigenvalue weighted by Crippen LogP contribution is -2.09. The average molecular weight is 329 g/mol. The number of nitrogens with zero attached hydrogens (tertiary/aromatic N) is 1. The zero-order valence-electron chi connectivity index (χ0n) is 13.9. The number of fused-ring (bicyclic) bond motifs is 1. The molecule has 0 bridgehead atoms. The van der Waals surface area contributed by atoms with Gasteiger partial charge in [-0.25, -0.2) is 0 Å². The van der Waals surface area contributed by atoms with E-state index in [9.17, 15) is 0 Å². The Labute approximate surface area is 146 Å². The molecule has 0 saturated carbocycles. The molecule has 1 nitrogen and oxygen atoms in total. The maximum Gasteiger partial charge on any atom is 0.0647 e. The first-order valence-corrected chi connectivity index (χ1v) is 9.00. The quantitative estimate of drug-likeness (QED) is 0.391. The van der Waals surface area contributed by atoms with E-state index >= 15 is 0 Å². The van der Waals surface area contributed by atoms with Crippen molar-refractivity contribution in [1.29, 1.82) is 0 Å². The fourth-order valence-corrected chi connectivity index (χ4v) is 3.88. The largest absolute Gasteiger partial charge is 0.309 e. The van der Waals surface area contributed by atoms with E-state index in [4.69, 9.17) is 0 Å². The highest BCUT2D eigenvalue weighted by Gasteiger charge is 2.16. The Morgan fingerprint density at radius 1 is 0.667 bits per heavy atom. The van der Waals surface area contributed by atoms with Gasteiger partial charge in [-0.3, -0.25) is 0 Å². The van der Waals surface area contributed by atoms with Crippen LogP contribution < -0.4 is 4.90 Å². The third kappa shape index (κ3) is 2.70. The second-order valence-corrected chi connectivity index (χ2v) is 7.03. The van der Waals surface area contributed by atoms with Crippen LogP contribution in [0.2, 0.25) is 0 Å². The number of hydrogen-bond donors (Lipinski definition) is 0. The molecule has 0 saturated heterocycles. The Kier molecular flexibility index (Phi) is 3.83. The van der Waals surface area contributed by atoms with Gasteiger partial charge in [0.2, 0.25) is 0 Å². The van der Waals surface area contributed by atoms with E-state index in [-0.39, 0.29) is 0 Å². The molecule has 0 unspecified atom stereocenters. The summed E-state index contributed by atoms with van der Waals surface area (Å²) in [6.45, 7) is 4.25. The van der Waals surface area contributed by atoms with Crippen molar-refractivity contribution < 1.29 is 0 Å². The van der Waals surface area contributed by atoms with Crippen LogP contribution in [0.25, 0.3) is 10.1 Å². The maximum absolute atomic E-state index is 2.34. The Bertz CT molecular complexity index is 919. The fraction of sp³-hybridized carbons (Fsp3) is 0.0909. The summed E-state index contributed by atoms with van der Waals surface area (Å²) in [5, 5.41) is 3.55. The lowest BCUT2D eigenvalue weighted by Gasteiger charge is -2.25. The highest BCUT2D eigenvalue weighted by molar-refractivity contribution is 7.17. The topological polar surface area (TPSA) is 3.24 Å². The van der Waals surface area contributed by atoms with Crippen molar-refractivity contribution in [3.63, 3.8) is 0 Å². The number of aryl methyl sites for hydroxylation is 2. The molecule has 0 aliphatic rings. The molecule has 3 aromatic carbocycles. The Morgan fingerprint density at radius 3 is 1.79 bits per heavy atom. The molecule has 0 atom stereocenters. The molecule has 4 aromatic rings. The SMILES string of the molecule is Cc1ccc(N(c2ccc(C)cc2)c2csc3ccccc23)cc1. The molecular formula is C22H19NS. The van der Waals surface area contributed by atoms with Crippen molar-refractivity contribution in [1.82, 2.24) is 0 Å². The van der Waals surface area contributed by atoms with Gasteiger partial charge in [0, 0.05) is 26.8 Å². The minimum Gasteiger partial charge on any atom is -0.309 e. The van der Waals surface area contributed by atoms with E-state index in [0.29, 0.717) is 0 Å². The fourth-order valence-electron chi connectivity index (χ4n) is 2.95. The molecule has 24 heavy (non-hydrogen) atoms. The highest BCUT2D eigenvalue weighted by Crippen LogP contribution is 2.41. The van der Waals surface area contributed by atoms with Gasteiger partial charge in [-0.2, -0.15) is 0 Å². The second kappa shape index (κ2) is 6.14. The summed E-state index contributed by atoms with van der Waals surface area (Å²) in [4.78, 5) is 2.34. The van der Waals surface area contributed by atoms with Crippen LogP contribution in [0.3, 0.4) is 0 Å². The molecule has 0 aliphatic heterocycles.